The Balaban J connectivity index is 1.77. The lowest BCUT2D eigenvalue weighted by Gasteiger charge is -2.06. The average Bonchev–Trinajstić information content (AvgIpc) is 3.04. The van der Waals surface area contributed by atoms with Crippen molar-refractivity contribution in [2.24, 2.45) is 5.10 Å². The molecule has 0 fully saturated rings. The Labute approximate surface area is 135 Å². The minimum atomic E-state index is 0.673. The summed E-state index contributed by atoms with van der Waals surface area (Å²) < 4.78 is 11.2. The van der Waals surface area contributed by atoms with Crippen molar-refractivity contribution in [3.05, 3.63) is 72.0 Å². The monoisotopic (exact) mass is 306 g/mol. The van der Waals surface area contributed by atoms with Crippen LogP contribution >= 0.6 is 0 Å². The van der Waals surface area contributed by atoms with Crippen LogP contribution in [0.2, 0.25) is 0 Å². The van der Waals surface area contributed by atoms with Crippen molar-refractivity contribution in [3.8, 4) is 17.1 Å². The second-order valence-electron chi connectivity index (χ2n) is 5.14. The van der Waals surface area contributed by atoms with Crippen LogP contribution in [0.1, 0.15) is 11.3 Å². The van der Waals surface area contributed by atoms with Gasteiger partial charge in [0.1, 0.15) is 17.3 Å². The Hall–Kier alpha value is -3.01. The van der Waals surface area contributed by atoms with Gasteiger partial charge in [-0.1, -0.05) is 29.8 Å². The lowest BCUT2D eigenvalue weighted by molar-refractivity contribution is 0.414. The van der Waals surface area contributed by atoms with Crippen LogP contribution in [0.5, 0.6) is 5.75 Å². The third-order valence-electron chi connectivity index (χ3n) is 3.41. The Morgan fingerprint density at radius 3 is 2.65 bits per heavy atom. The summed E-state index contributed by atoms with van der Waals surface area (Å²) in [6, 6.07) is 19.6. The highest BCUT2D eigenvalue weighted by atomic mass is 16.5. The third-order valence-corrected chi connectivity index (χ3v) is 3.41. The van der Waals surface area contributed by atoms with Crippen molar-refractivity contribution in [3.63, 3.8) is 0 Å². The Kier molecular flexibility index (Phi) is 4.43. The van der Waals surface area contributed by atoms with Crippen molar-refractivity contribution in [1.29, 1.82) is 0 Å². The van der Waals surface area contributed by atoms with E-state index in [1.165, 1.54) is 0 Å². The van der Waals surface area contributed by atoms with Crippen LogP contribution in [0.4, 0.5) is 5.69 Å². The van der Waals surface area contributed by atoms with Gasteiger partial charge in [0.25, 0.3) is 0 Å². The van der Waals surface area contributed by atoms with Gasteiger partial charge in [-0.15, -0.1) is 0 Å². The van der Waals surface area contributed by atoms with Gasteiger partial charge in [0.2, 0.25) is 0 Å². The number of furan rings is 1. The largest absolute Gasteiger partial charge is 0.496 e. The van der Waals surface area contributed by atoms with E-state index in [2.05, 4.69) is 10.5 Å². The lowest BCUT2D eigenvalue weighted by Crippen LogP contribution is -1.89. The molecule has 4 nitrogen and oxygen atoms in total. The summed E-state index contributed by atoms with van der Waals surface area (Å²) in [4.78, 5) is 0. The van der Waals surface area contributed by atoms with E-state index in [-0.39, 0.29) is 0 Å². The number of para-hydroxylation sites is 1. The standard InChI is InChI=1S/C19H18N2O2/c1-14-8-10-18(22-2)17(12-14)19-11-9-16(23-19)13-20-21-15-6-4-3-5-7-15/h3-13,21H,1-2H3/b20-13+. The summed E-state index contributed by atoms with van der Waals surface area (Å²) in [5.74, 6) is 2.22. The van der Waals surface area contributed by atoms with Crippen LogP contribution in [-0.2, 0) is 0 Å². The maximum absolute atomic E-state index is 5.84. The summed E-state index contributed by atoms with van der Waals surface area (Å²) in [7, 11) is 1.66. The van der Waals surface area contributed by atoms with Crippen LogP contribution in [0.25, 0.3) is 11.3 Å². The van der Waals surface area contributed by atoms with Crippen LogP contribution < -0.4 is 10.2 Å². The van der Waals surface area contributed by atoms with Crippen molar-refractivity contribution < 1.29 is 9.15 Å². The number of ether oxygens (including phenoxy) is 1. The molecule has 4 heteroatoms. The van der Waals surface area contributed by atoms with Gasteiger partial charge in [0.15, 0.2) is 0 Å². The SMILES string of the molecule is COc1ccc(C)cc1-c1ccc(/C=N/Nc2ccccc2)o1. The van der Waals surface area contributed by atoms with Gasteiger partial charge in [-0.2, -0.15) is 5.10 Å². The van der Waals surface area contributed by atoms with E-state index in [0.717, 1.165) is 28.3 Å². The predicted molar refractivity (Wildman–Crippen MR) is 93.1 cm³/mol. The second kappa shape index (κ2) is 6.83. The summed E-state index contributed by atoms with van der Waals surface area (Å²) in [6.45, 7) is 2.04. The Bertz CT molecular complexity index is 807. The smallest absolute Gasteiger partial charge is 0.147 e. The molecule has 1 aromatic heterocycles. The first kappa shape index (κ1) is 14.9. The number of methoxy groups -OCH3 is 1. The van der Waals surface area contributed by atoms with Gasteiger partial charge in [-0.3, -0.25) is 5.43 Å². The molecule has 0 aliphatic carbocycles. The molecule has 0 saturated carbocycles. The van der Waals surface area contributed by atoms with Crippen molar-refractivity contribution in [1.82, 2.24) is 0 Å². The van der Waals surface area contributed by atoms with Crippen LogP contribution in [-0.4, -0.2) is 13.3 Å². The van der Waals surface area contributed by atoms with Crippen molar-refractivity contribution in [2.75, 3.05) is 12.5 Å². The average molecular weight is 306 g/mol. The number of rotatable bonds is 5. The molecule has 1 heterocycles. The quantitative estimate of drug-likeness (QED) is 0.548. The molecule has 0 saturated heterocycles. The van der Waals surface area contributed by atoms with Gasteiger partial charge >= 0.3 is 0 Å². The van der Waals surface area contributed by atoms with E-state index in [4.69, 9.17) is 9.15 Å². The molecule has 0 atom stereocenters. The Morgan fingerprint density at radius 2 is 1.87 bits per heavy atom. The fourth-order valence-electron chi connectivity index (χ4n) is 2.26. The van der Waals surface area contributed by atoms with Crippen LogP contribution in [0, 0.1) is 6.92 Å². The predicted octanol–water partition coefficient (Wildman–Crippen LogP) is 4.71. The molecule has 0 aliphatic rings. The maximum atomic E-state index is 5.84. The molecule has 0 bridgehead atoms. The zero-order valence-corrected chi connectivity index (χ0v) is 13.1. The van der Waals surface area contributed by atoms with Gasteiger partial charge in [0, 0.05) is 0 Å². The first-order chi connectivity index (χ1) is 11.3. The van der Waals surface area contributed by atoms with Gasteiger partial charge < -0.3 is 9.15 Å². The minimum absolute atomic E-state index is 0.673. The van der Waals surface area contributed by atoms with E-state index in [9.17, 15) is 0 Å². The highest BCUT2D eigenvalue weighted by Gasteiger charge is 2.10. The fourth-order valence-corrected chi connectivity index (χ4v) is 2.26. The number of hydrazone groups is 1. The summed E-state index contributed by atoms with van der Waals surface area (Å²) in [5, 5.41) is 4.18. The second-order valence-corrected chi connectivity index (χ2v) is 5.14. The number of nitrogens with zero attached hydrogens (tertiary/aromatic N) is 1. The van der Waals surface area contributed by atoms with E-state index in [0.29, 0.717) is 5.76 Å². The third kappa shape index (κ3) is 3.61. The molecule has 0 aliphatic heterocycles. The molecule has 0 spiro atoms. The topological polar surface area (TPSA) is 46.8 Å². The van der Waals surface area contributed by atoms with E-state index in [1.807, 2.05) is 67.6 Å². The highest BCUT2D eigenvalue weighted by molar-refractivity contribution is 5.79. The van der Waals surface area contributed by atoms with E-state index in [1.54, 1.807) is 13.3 Å². The zero-order valence-electron chi connectivity index (χ0n) is 13.1. The number of anilines is 1. The summed E-state index contributed by atoms with van der Waals surface area (Å²) in [6.07, 6.45) is 1.65. The molecule has 3 aromatic rings. The molecular weight excluding hydrogens is 288 g/mol. The fraction of sp³-hybridized carbons (Fsp3) is 0.105. The number of benzene rings is 2. The normalized spacial score (nSPS) is 10.9. The molecular formula is C19H18N2O2. The molecule has 1 N–H and O–H groups in total. The molecule has 2 aromatic carbocycles. The van der Waals surface area contributed by atoms with Gasteiger partial charge in [-0.25, -0.2) is 0 Å². The van der Waals surface area contributed by atoms with Gasteiger partial charge in [0.05, 0.1) is 24.6 Å². The number of aryl methyl sites for hydroxylation is 1. The number of nitrogens with one attached hydrogen (secondary N) is 1. The number of hydrogen-bond acceptors (Lipinski definition) is 4. The minimum Gasteiger partial charge on any atom is -0.496 e. The summed E-state index contributed by atoms with van der Waals surface area (Å²) >= 11 is 0. The van der Waals surface area contributed by atoms with E-state index < -0.39 is 0 Å². The first-order valence-corrected chi connectivity index (χ1v) is 7.35. The Morgan fingerprint density at radius 1 is 1.04 bits per heavy atom. The molecule has 0 amide bonds. The maximum Gasteiger partial charge on any atom is 0.147 e. The molecule has 3 rings (SSSR count). The molecule has 0 radical (unpaired) electrons. The molecule has 116 valence electrons. The zero-order chi connectivity index (χ0) is 16.1. The highest BCUT2D eigenvalue weighted by Crippen LogP contribution is 2.31. The van der Waals surface area contributed by atoms with Gasteiger partial charge in [-0.05, 0) is 43.3 Å². The lowest BCUT2D eigenvalue weighted by atomic mass is 10.1. The first-order valence-electron chi connectivity index (χ1n) is 7.35. The molecule has 23 heavy (non-hydrogen) atoms. The van der Waals surface area contributed by atoms with Crippen LogP contribution in [0.15, 0.2) is 70.2 Å². The summed E-state index contributed by atoms with van der Waals surface area (Å²) in [5.41, 5.74) is 5.97. The van der Waals surface area contributed by atoms with Crippen molar-refractivity contribution >= 4 is 11.9 Å². The van der Waals surface area contributed by atoms with Crippen LogP contribution in [0.3, 0.4) is 0 Å². The van der Waals surface area contributed by atoms with E-state index >= 15 is 0 Å². The molecule has 0 unspecified atom stereocenters. The number of hydrogen-bond donors (Lipinski definition) is 1. The van der Waals surface area contributed by atoms with Crippen molar-refractivity contribution in [2.45, 2.75) is 6.92 Å².